The lowest BCUT2D eigenvalue weighted by Gasteiger charge is -2.30. The van der Waals surface area contributed by atoms with Gasteiger partial charge in [-0.25, -0.2) is 0 Å². The maximum absolute atomic E-state index is 5.67. The fraction of sp³-hybridized carbons (Fsp3) is 0.714. The van der Waals surface area contributed by atoms with Crippen LogP contribution in [0, 0.1) is 0 Å². The van der Waals surface area contributed by atoms with E-state index in [1.807, 2.05) is 7.05 Å². The van der Waals surface area contributed by atoms with Crippen LogP contribution in [-0.4, -0.2) is 17.8 Å². The highest BCUT2D eigenvalue weighted by molar-refractivity contribution is 4.93. The molecule has 0 saturated carbocycles. The van der Waals surface area contributed by atoms with Gasteiger partial charge >= 0.3 is 0 Å². The quantitative estimate of drug-likeness (QED) is 0.239. The molecule has 1 atom stereocenters. The van der Waals surface area contributed by atoms with Crippen molar-refractivity contribution in [3.05, 3.63) is 12.2 Å². The zero-order chi connectivity index (χ0) is 7.61. The summed E-state index contributed by atoms with van der Waals surface area (Å²) < 4.78 is 0.0799. The Morgan fingerprint density at radius 2 is 2.20 bits per heavy atom. The molecule has 0 radical (unpaired) electrons. The topological polar surface area (TPSA) is 52.0 Å². The minimum Gasteiger partial charge on any atom is -0.173 e. The molecular formula is C7H16N3+. The van der Waals surface area contributed by atoms with E-state index in [4.69, 9.17) is 11.7 Å². The van der Waals surface area contributed by atoms with Gasteiger partial charge in [0.05, 0.1) is 0 Å². The van der Waals surface area contributed by atoms with E-state index in [0.29, 0.717) is 6.04 Å². The van der Waals surface area contributed by atoms with Crippen LogP contribution in [0.4, 0.5) is 0 Å². The molecule has 0 saturated heterocycles. The van der Waals surface area contributed by atoms with Gasteiger partial charge in [0.25, 0.3) is 0 Å². The summed E-state index contributed by atoms with van der Waals surface area (Å²) in [5, 5.41) is 0. The predicted molar refractivity (Wildman–Crippen MR) is 41.3 cm³/mol. The second-order valence-electron chi connectivity index (χ2n) is 3.15. The molecule has 0 aromatic rings. The summed E-state index contributed by atoms with van der Waals surface area (Å²) in [6.45, 7) is 0. The number of nitrogens with zero attached hydrogens (tertiary/aromatic N) is 1. The van der Waals surface area contributed by atoms with Crippen LogP contribution in [0.5, 0.6) is 0 Å². The number of quaternary nitrogens is 1. The van der Waals surface area contributed by atoms with Crippen molar-refractivity contribution in [1.82, 2.24) is 0 Å². The zero-order valence-electron chi connectivity index (χ0n) is 6.46. The highest BCUT2D eigenvalue weighted by Crippen LogP contribution is 2.14. The lowest BCUT2D eigenvalue weighted by Crippen LogP contribution is -2.62. The van der Waals surface area contributed by atoms with Crippen LogP contribution >= 0.6 is 0 Å². The Morgan fingerprint density at radius 3 is 2.50 bits per heavy atom. The minimum atomic E-state index is 0.0799. The van der Waals surface area contributed by atoms with Gasteiger partial charge in [-0.3, -0.25) is 0 Å². The molecule has 1 aliphatic carbocycles. The Balaban J connectivity index is 2.55. The Hall–Kier alpha value is -0.380. The first kappa shape index (κ1) is 7.72. The molecule has 0 fully saturated rings. The fourth-order valence-electron chi connectivity index (χ4n) is 1.26. The maximum atomic E-state index is 5.67. The Labute approximate surface area is 61.8 Å². The highest BCUT2D eigenvalue weighted by Gasteiger charge is 2.24. The summed E-state index contributed by atoms with van der Waals surface area (Å²) in [6.07, 6.45) is 7.77. The van der Waals surface area contributed by atoms with E-state index in [1.54, 1.807) is 0 Å². The molecule has 0 heterocycles. The lowest BCUT2D eigenvalue weighted by molar-refractivity contribution is -0.951. The molecule has 0 aromatic carbocycles. The number of rotatable bonds is 1. The average molecular weight is 142 g/mol. The van der Waals surface area contributed by atoms with Gasteiger partial charge in [-0.2, -0.15) is 16.4 Å². The fourth-order valence-corrected chi connectivity index (χ4v) is 1.26. The molecular weight excluding hydrogens is 126 g/mol. The lowest BCUT2D eigenvalue weighted by atomic mass is 10.0. The van der Waals surface area contributed by atoms with Crippen molar-refractivity contribution < 1.29 is 4.70 Å². The van der Waals surface area contributed by atoms with Crippen molar-refractivity contribution in [2.75, 3.05) is 7.05 Å². The Kier molecular flexibility index (Phi) is 2.08. The molecule has 0 aliphatic heterocycles. The molecule has 4 N–H and O–H groups in total. The maximum Gasteiger partial charge on any atom is 0.143 e. The molecule has 3 heteroatoms. The predicted octanol–water partition coefficient (Wildman–Crippen LogP) is 0.289. The normalized spacial score (nSPS) is 26.9. The minimum absolute atomic E-state index is 0.0799. The number of allylic oxidation sites excluding steroid dienone is 1. The summed E-state index contributed by atoms with van der Waals surface area (Å²) in [5.74, 6) is 11.3. The number of hydrogen-bond acceptors (Lipinski definition) is 2. The van der Waals surface area contributed by atoms with Gasteiger partial charge in [-0.1, -0.05) is 6.08 Å². The van der Waals surface area contributed by atoms with Gasteiger partial charge in [0, 0.05) is 6.42 Å². The molecule has 1 unspecified atom stereocenters. The summed E-state index contributed by atoms with van der Waals surface area (Å²) >= 11 is 0. The van der Waals surface area contributed by atoms with Crippen molar-refractivity contribution in [2.24, 2.45) is 11.7 Å². The Bertz CT molecular complexity index is 134. The van der Waals surface area contributed by atoms with Gasteiger partial charge in [-0.05, 0) is 18.9 Å². The Morgan fingerprint density at radius 1 is 1.50 bits per heavy atom. The van der Waals surface area contributed by atoms with Crippen LogP contribution in [0.3, 0.4) is 0 Å². The third-order valence-corrected chi connectivity index (χ3v) is 1.94. The molecule has 0 amide bonds. The second kappa shape index (κ2) is 2.70. The third kappa shape index (κ3) is 1.80. The second-order valence-corrected chi connectivity index (χ2v) is 3.15. The van der Waals surface area contributed by atoms with Crippen molar-refractivity contribution in [3.63, 3.8) is 0 Å². The van der Waals surface area contributed by atoms with Crippen molar-refractivity contribution >= 4 is 0 Å². The van der Waals surface area contributed by atoms with E-state index in [9.17, 15) is 0 Å². The van der Waals surface area contributed by atoms with E-state index in [2.05, 4.69) is 12.2 Å². The van der Waals surface area contributed by atoms with Crippen LogP contribution < -0.4 is 11.7 Å². The van der Waals surface area contributed by atoms with Gasteiger partial charge in [0.1, 0.15) is 13.1 Å². The average Bonchev–Trinajstić information content (AvgIpc) is 1.88. The van der Waals surface area contributed by atoms with Crippen LogP contribution in [0.2, 0.25) is 0 Å². The first-order valence-electron chi connectivity index (χ1n) is 3.70. The standard InChI is InChI=1S/C7H16N3/c1-10(8,9)7-5-3-2-4-6-7/h3,5,7H,2,4,6,8-9H2,1H3/q+1. The molecule has 1 aliphatic rings. The van der Waals surface area contributed by atoms with Crippen molar-refractivity contribution in [1.29, 1.82) is 0 Å². The summed E-state index contributed by atoms with van der Waals surface area (Å²) in [6, 6.07) is 0.314. The van der Waals surface area contributed by atoms with Crippen molar-refractivity contribution in [3.8, 4) is 0 Å². The van der Waals surface area contributed by atoms with Crippen LogP contribution in [-0.2, 0) is 0 Å². The van der Waals surface area contributed by atoms with Crippen LogP contribution in [0.15, 0.2) is 12.2 Å². The molecule has 0 aromatic heterocycles. The van der Waals surface area contributed by atoms with E-state index in [-0.39, 0.29) is 4.70 Å². The van der Waals surface area contributed by atoms with Gasteiger partial charge in [0.2, 0.25) is 0 Å². The largest absolute Gasteiger partial charge is 0.173 e. The number of nitrogens with two attached hydrogens (primary N) is 2. The number of likely N-dealkylation sites (N-methyl/N-ethyl adjacent to an activating group) is 1. The zero-order valence-corrected chi connectivity index (χ0v) is 6.46. The molecule has 3 nitrogen and oxygen atoms in total. The van der Waals surface area contributed by atoms with Gasteiger partial charge in [-0.15, -0.1) is 0 Å². The molecule has 0 spiro atoms. The summed E-state index contributed by atoms with van der Waals surface area (Å²) in [7, 11) is 1.82. The molecule has 58 valence electrons. The third-order valence-electron chi connectivity index (χ3n) is 1.94. The first-order valence-corrected chi connectivity index (χ1v) is 3.70. The summed E-state index contributed by atoms with van der Waals surface area (Å²) in [4.78, 5) is 0. The monoisotopic (exact) mass is 142 g/mol. The van der Waals surface area contributed by atoms with E-state index >= 15 is 0 Å². The van der Waals surface area contributed by atoms with E-state index in [0.717, 1.165) is 6.42 Å². The smallest absolute Gasteiger partial charge is 0.143 e. The van der Waals surface area contributed by atoms with Crippen LogP contribution in [0.25, 0.3) is 0 Å². The van der Waals surface area contributed by atoms with E-state index < -0.39 is 0 Å². The first-order chi connectivity index (χ1) is 4.61. The van der Waals surface area contributed by atoms with E-state index in [1.165, 1.54) is 12.8 Å². The summed E-state index contributed by atoms with van der Waals surface area (Å²) in [5.41, 5.74) is 0. The molecule has 10 heavy (non-hydrogen) atoms. The van der Waals surface area contributed by atoms with Gasteiger partial charge in [0.15, 0.2) is 0 Å². The molecule has 0 bridgehead atoms. The highest BCUT2D eigenvalue weighted by atomic mass is 15.7. The molecule has 1 rings (SSSR count). The number of hydrogen-bond donors (Lipinski definition) is 2. The van der Waals surface area contributed by atoms with Gasteiger partial charge < -0.3 is 0 Å². The van der Waals surface area contributed by atoms with Crippen LogP contribution in [0.1, 0.15) is 19.3 Å². The SMILES string of the molecule is C[N+](N)(N)C1C=CCCC1. The van der Waals surface area contributed by atoms with Crippen molar-refractivity contribution in [2.45, 2.75) is 25.3 Å².